The summed E-state index contributed by atoms with van der Waals surface area (Å²) < 4.78 is 28.1. The molecule has 0 unspecified atom stereocenters. The molecule has 33 heavy (non-hydrogen) atoms. The average Bonchev–Trinajstić information content (AvgIpc) is 3.45. The lowest BCUT2D eigenvalue weighted by Crippen LogP contribution is -2.18. The Morgan fingerprint density at radius 1 is 1.24 bits per heavy atom. The molecule has 0 amide bonds. The maximum Gasteiger partial charge on any atom is 0.255 e. The summed E-state index contributed by atoms with van der Waals surface area (Å²) >= 11 is 0. The van der Waals surface area contributed by atoms with Crippen molar-refractivity contribution in [2.45, 2.75) is 26.2 Å². The molecule has 0 saturated carbocycles. The van der Waals surface area contributed by atoms with Crippen molar-refractivity contribution < 1.29 is 8.78 Å². The molecule has 0 spiro atoms. The number of nitrogens with one attached hydrogen (secondary N) is 3. The fraction of sp³-hybridized carbons (Fsp3) is 0.250. The molecular formula is C20H21F2N11. The first-order chi connectivity index (χ1) is 16.1. The lowest BCUT2D eigenvalue weighted by molar-refractivity contribution is 0.150. The van der Waals surface area contributed by atoms with Gasteiger partial charge >= 0.3 is 0 Å². The highest BCUT2D eigenvalue weighted by Crippen LogP contribution is 2.24. The molecular weight excluding hydrogens is 432 g/mol. The minimum Gasteiger partial charge on any atom is -0.383 e. The Bertz CT molecular complexity index is 1280. The van der Waals surface area contributed by atoms with Crippen molar-refractivity contribution in [3.05, 3.63) is 54.8 Å². The largest absolute Gasteiger partial charge is 0.383 e. The topological polar surface area (TPSA) is 135 Å². The van der Waals surface area contributed by atoms with Crippen molar-refractivity contribution >= 4 is 22.9 Å². The number of hydrogen-bond donors (Lipinski definition) is 3. The van der Waals surface area contributed by atoms with Crippen molar-refractivity contribution in [1.82, 2.24) is 45.0 Å². The molecule has 0 aliphatic heterocycles. The molecule has 0 aliphatic carbocycles. The van der Waals surface area contributed by atoms with Crippen LogP contribution in [0.15, 0.2) is 49.1 Å². The second kappa shape index (κ2) is 9.89. The van der Waals surface area contributed by atoms with Crippen molar-refractivity contribution in [3.8, 4) is 11.5 Å². The third-order valence-corrected chi connectivity index (χ3v) is 4.57. The van der Waals surface area contributed by atoms with E-state index in [1.807, 2.05) is 6.92 Å². The number of rotatable bonds is 10. The third kappa shape index (κ3) is 4.97. The summed E-state index contributed by atoms with van der Waals surface area (Å²) in [6.45, 7) is 1.52. The quantitative estimate of drug-likeness (QED) is 0.312. The number of fused-ring (bicyclic) bond motifs is 1. The van der Waals surface area contributed by atoms with E-state index >= 15 is 0 Å². The summed E-state index contributed by atoms with van der Waals surface area (Å²) in [5, 5.41) is 26.7. The van der Waals surface area contributed by atoms with Crippen LogP contribution in [-0.4, -0.2) is 58.9 Å². The Labute approximate surface area is 187 Å². The van der Waals surface area contributed by atoms with Crippen LogP contribution in [0.25, 0.3) is 22.5 Å². The Kier molecular flexibility index (Phi) is 6.57. The summed E-state index contributed by atoms with van der Waals surface area (Å²) in [5.74, 6) is 0.453. The van der Waals surface area contributed by atoms with E-state index in [0.717, 1.165) is 30.1 Å². The second-order valence-electron chi connectivity index (χ2n) is 6.99. The number of pyridine rings is 1. The number of hydrogen-bond acceptors (Lipinski definition) is 9. The molecule has 0 fully saturated rings. The van der Waals surface area contributed by atoms with E-state index in [1.165, 1.54) is 12.5 Å². The number of aryl methyl sites for hydroxylation is 1. The molecule has 4 rings (SSSR count). The van der Waals surface area contributed by atoms with Crippen LogP contribution in [0.3, 0.4) is 0 Å². The molecule has 0 saturated heterocycles. The van der Waals surface area contributed by atoms with Crippen LogP contribution >= 0.6 is 0 Å². The Morgan fingerprint density at radius 2 is 2.12 bits per heavy atom. The first-order valence-corrected chi connectivity index (χ1v) is 10.1. The van der Waals surface area contributed by atoms with E-state index < -0.39 is 13.0 Å². The van der Waals surface area contributed by atoms with Crippen LogP contribution in [-0.2, 0) is 6.42 Å². The van der Waals surface area contributed by atoms with E-state index in [0.29, 0.717) is 22.8 Å². The van der Waals surface area contributed by atoms with Crippen LogP contribution in [0.4, 0.5) is 14.5 Å². The van der Waals surface area contributed by atoms with Crippen molar-refractivity contribution in [3.63, 3.8) is 0 Å². The zero-order valence-electron chi connectivity index (χ0n) is 17.7. The minimum atomic E-state index is -2.52. The summed E-state index contributed by atoms with van der Waals surface area (Å²) in [6, 6.07) is 1.70. The van der Waals surface area contributed by atoms with Crippen LogP contribution < -0.4 is 10.6 Å². The number of halogens is 2. The highest BCUT2D eigenvalue weighted by atomic mass is 19.3. The van der Waals surface area contributed by atoms with E-state index in [2.05, 4.69) is 41.0 Å². The van der Waals surface area contributed by atoms with Gasteiger partial charge in [0.25, 0.3) is 6.43 Å². The van der Waals surface area contributed by atoms with Gasteiger partial charge in [-0.2, -0.15) is 9.78 Å². The van der Waals surface area contributed by atoms with Crippen LogP contribution in [0.2, 0.25) is 0 Å². The van der Waals surface area contributed by atoms with Gasteiger partial charge in [-0.05, 0) is 6.42 Å². The first kappa shape index (κ1) is 21.9. The fourth-order valence-corrected chi connectivity index (χ4v) is 3.09. The van der Waals surface area contributed by atoms with Gasteiger partial charge in [-0.3, -0.25) is 0 Å². The van der Waals surface area contributed by atoms with Crippen molar-refractivity contribution in [2.75, 3.05) is 11.9 Å². The molecule has 0 aliphatic rings. The molecule has 0 radical (unpaired) electrons. The predicted molar refractivity (Wildman–Crippen MR) is 118 cm³/mol. The first-order valence-electron chi connectivity index (χ1n) is 10.1. The molecule has 0 bridgehead atoms. The van der Waals surface area contributed by atoms with E-state index in [4.69, 9.17) is 5.41 Å². The molecule has 0 atom stereocenters. The zero-order valence-corrected chi connectivity index (χ0v) is 17.7. The van der Waals surface area contributed by atoms with Crippen LogP contribution in [0, 0.1) is 5.41 Å². The second-order valence-corrected chi connectivity index (χ2v) is 6.99. The van der Waals surface area contributed by atoms with Gasteiger partial charge < -0.3 is 16.0 Å². The van der Waals surface area contributed by atoms with Gasteiger partial charge in [0.2, 0.25) is 0 Å². The molecule has 0 aromatic carbocycles. The van der Waals surface area contributed by atoms with Gasteiger partial charge in [0, 0.05) is 24.7 Å². The smallest absolute Gasteiger partial charge is 0.255 e. The van der Waals surface area contributed by atoms with Gasteiger partial charge in [0.05, 0.1) is 47.6 Å². The average molecular weight is 453 g/mol. The SMILES string of the molecule is CCCc1cn(-c2cnc(-n3ncc4cncnc43)cc2N/C(C=N)=C/NCC(F)F)nn1. The molecule has 4 aromatic heterocycles. The van der Waals surface area contributed by atoms with Crippen molar-refractivity contribution in [2.24, 2.45) is 0 Å². The standard InChI is InChI=1S/C20H21F2N11/c1-2-3-14-11-32(31-30-14)17-9-26-19(33-20-13(7-28-33)6-25-12-27-20)4-16(17)29-15(5-23)8-24-10-18(21)22/h4-9,11-12,18,23-24H,2-3,10H2,1H3,(H,26,29)/b15-8+,23-5?. The zero-order chi connectivity index (χ0) is 23.2. The summed E-state index contributed by atoms with van der Waals surface area (Å²) in [6.07, 6.45) is 9.59. The highest BCUT2D eigenvalue weighted by molar-refractivity contribution is 5.83. The monoisotopic (exact) mass is 453 g/mol. The summed E-state index contributed by atoms with van der Waals surface area (Å²) in [4.78, 5) is 12.8. The van der Waals surface area contributed by atoms with Gasteiger partial charge in [-0.15, -0.1) is 5.10 Å². The number of allylic oxidation sites excluding steroid dienone is 1. The number of anilines is 1. The lowest BCUT2D eigenvalue weighted by Gasteiger charge is -2.14. The number of alkyl halides is 2. The normalized spacial score (nSPS) is 11.8. The maximum absolute atomic E-state index is 12.5. The van der Waals surface area contributed by atoms with Gasteiger partial charge in [-0.25, -0.2) is 28.4 Å². The molecule has 3 N–H and O–H groups in total. The van der Waals surface area contributed by atoms with Crippen molar-refractivity contribution in [1.29, 1.82) is 5.41 Å². The Morgan fingerprint density at radius 3 is 2.91 bits per heavy atom. The number of nitrogens with zero attached hydrogens (tertiary/aromatic N) is 8. The molecule has 13 heteroatoms. The van der Waals surface area contributed by atoms with E-state index in [9.17, 15) is 8.78 Å². The molecule has 4 heterocycles. The molecule has 11 nitrogen and oxygen atoms in total. The predicted octanol–water partition coefficient (Wildman–Crippen LogP) is 2.50. The van der Waals surface area contributed by atoms with E-state index in [-0.39, 0.29) is 5.70 Å². The number of aromatic nitrogens is 8. The third-order valence-electron chi connectivity index (χ3n) is 4.57. The van der Waals surface area contributed by atoms with E-state index in [1.54, 1.807) is 40.2 Å². The van der Waals surface area contributed by atoms with Gasteiger partial charge in [-0.1, -0.05) is 18.6 Å². The van der Waals surface area contributed by atoms with Crippen LogP contribution in [0.5, 0.6) is 0 Å². The van der Waals surface area contributed by atoms with Gasteiger partial charge in [0.15, 0.2) is 11.5 Å². The summed E-state index contributed by atoms with van der Waals surface area (Å²) in [5.41, 5.74) is 2.73. The fourth-order valence-electron chi connectivity index (χ4n) is 3.09. The molecule has 4 aromatic rings. The Balaban J connectivity index is 1.75. The molecule has 170 valence electrons. The highest BCUT2D eigenvalue weighted by Gasteiger charge is 2.14. The lowest BCUT2D eigenvalue weighted by atomic mass is 10.2. The summed E-state index contributed by atoms with van der Waals surface area (Å²) in [7, 11) is 0. The minimum absolute atomic E-state index is 0.260. The maximum atomic E-state index is 12.5. The Hall–Kier alpha value is -4.29. The van der Waals surface area contributed by atoms with Crippen LogP contribution in [0.1, 0.15) is 19.0 Å². The van der Waals surface area contributed by atoms with Gasteiger partial charge in [0.1, 0.15) is 12.0 Å².